The molecule has 6 heteroatoms. The number of aliphatic hydroxyl groups excluding tert-OH is 1. The zero-order valence-corrected chi connectivity index (χ0v) is 15.7. The Balaban J connectivity index is 1.99. The van der Waals surface area contributed by atoms with Gasteiger partial charge in [-0.3, -0.25) is 0 Å². The van der Waals surface area contributed by atoms with Crippen LogP contribution in [0.25, 0.3) is 0 Å². The van der Waals surface area contributed by atoms with E-state index >= 15 is 0 Å². The maximum atomic E-state index is 8.78. The molecule has 0 unspecified atom stereocenters. The van der Waals surface area contributed by atoms with Crippen molar-refractivity contribution >= 4 is 23.2 Å². The molecule has 0 aromatic heterocycles. The van der Waals surface area contributed by atoms with E-state index in [0.29, 0.717) is 34.7 Å². The molecule has 0 aliphatic heterocycles. The highest BCUT2D eigenvalue weighted by atomic mass is 35.5. The van der Waals surface area contributed by atoms with Gasteiger partial charge in [0.25, 0.3) is 0 Å². The van der Waals surface area contributed by atoms with Crippen molar-refractivity contribution in [3.63, 3.8) is 0 Å². The summed E-state index contributed by atoms with van der Waals surface area (Å²) >= 11 is 12.3. The van der Waals surface area contributed by atoms with Crippen LogP contribution in [0.5, 0.6) is 11.5 Å². The number of aliphatic hydroxyl groups is 1. The minimum atomic E-state index is 0.223. The van der Waals surface area contributed by atoms with Crippen LogP contribution >= 0.6 is 23.2 Å². The summed E-state index contributed by atoms with van der Waals surface area (Å²) in [5.74, 6) is 1.14. The molecule has 0 radical (unpaired) electrons. The van der Waals surface area contributed by atoms with E-state index in [1.54, 1.807) is 7.11 Å². The number of methoxy groups -OCH3 is 1. The average Bonchev–Trinajstić information content (AvgIpc) is 2.61. The highest BCUT2D eigenvalue weighted by Crippen LogP contribution is 2.37. The Morgan fingerprint density at radius 1 is 1.04 bits per heavy atom. The third-order valence-corrected chi connectivity index (χ3v) is 4.21. The zero-order valence-electron chi connectivity index (χ0n) is 14.2. The standard InChI is InChI=1S/C19H23Cl2NO3/c1-24-18-11-15(12-22-8-2-3-9-23)10-17(21)19(18)25-13-14-4-6-16(20)7-5-14/h4-7,10-11,22-23H,2-3,8-9,12-13H2,1H3. The zero-order chi connectivity index (χ0) is 18.1. The summed E-state index contributed by atoms with van der Waals surface area (Å²) in [4.78, 5) is 0. The lowest BCUT2D eigenvalue weighted by Crippen LogP contribution is -2.15. The van der Waals surface area contributed by atoms with Gasteiger partial charge in [-0.25, -0.2) is 0 Å². The Labute approximate surface area is 158 Å². The van der Waals surface area contributed by atoms with Gasteiger partial charge in [-0.15, -0.1) is 0 Å². The monoisotopic (exact) mass is 383 g/mol. The number of benzene rings is 2. The van der Waals surface area contributed by atoms with Crippen molar-refractivity contribution in [1.29, 1.82) is 0 Å². The largest absolute Gasteiger partial charge is 0.493 e. The van der Waals surface area contributed by atoms with E-state index in [2.05, 4.69) is 5.32 Å². The van der Waals surface area contributed by atoms with Crippen LogP contribution < -0.4 is 14.8 Å². The third kappa shape index (κ3) is 6.40. The molecule has 0 saturated heterocycles. The molecule has 0 heterocycles. The summed E-state index contributed by atoms with van der Waals surface area (Å²) in [6.07, 6.45) is 1.73. The van der Waals surface area contributed by atoms with Gasteiger partial charge < -0.3 is 19.9 Å². The van der Waals surface area contributed by atoms with Crippen LogP contribution in [0.1, 0.15) is 24.0 Å². The number of halogens is 2. The van der Waals surface area contributed by atoms with Crippen LogP contribution in [0.4, 0.5) is 0 Å². The fourth-order valence-electron chi connectivity index (χ4n) is 2.35. The van der Waals surface area contributed by atoms with Gasteiger partial charge in [-0.2, -0.15) is 0 Å². The molecular weight excluding hydrogens is 361 g/mol. The smallest absolute Gasteiger partial charge is 0.180 e. The summed E-state index contributed by atoms with van der Waals surface area (Å²) in [7, 11) is 1.60. The van der Waals surface area contributed by atoms with Crippen molar-refractivity contribution in [2.75, 3.05) is 20.3 Å². The maximum Gasteiger partial charge on any atom is 0.180 e. The first-order valence-corrected chi connectivity index (χ1v) is 8.95. The summed E-state index contributed by atoms with van der Waals surface area (Å²) < 4.78 is 11.3. The lowest BCUT2D eigenvalue weighted by atomic mass is 10.2. The fraction of sp³-hybridized carbons (Fsp3) is 0.368. The highest BCUT2D eigenvalue weighted by molar-refractivity contribution is 6.32. The topological polar surface area (TPSA) is 50.7 Å². The third-order valence-electron chi connectivity index (χ3n) is 3.68. The molecule has 0 saturated carbocycles. The summed E-state index contributed by atoms with van der Waals surface area (Å²) in [6, 6.07) is 11.3. The summed E-state index contributed by atoms with van der Waals surface area (Å²) in [5, 5.41) is 13.3. The van der Waals surface area contributed by atoms with Crippen molar-refractivity contribution in [3.8, 4) is 11.5 Å². The van der Waals surface area contributed by atoms with Crippen LogP contribution in [-0.4, -0.2) is 25.4 Å². The second-order valence-corrected chi connectivity index (χ2v) is 6.48. The van der Waals surface area contributed by atoms with E-state index in [4.69, 9.17) is 37.8 Å². The molecule has 4 nitrogen and oxygen atoms in total. The van der Waals surface area contributed by atoms with Gasteiger partial charge in [0.05, 0.1) is 12.1 Å². The molecule has 136 valence electrons. The number of hydrogen-bond donors (Lipinski definition) is 2. The van der Waals surface area contributed by atoms with Crippen molar-refractivity contribution in [3.05, 3.63) is 57.6 Å². The van der Waals surface area contributed by atoms with Crippen molar-refractivity contribution in [2.45, 2.75) is 26.0 Å². The van der Waals surface area contributed by atoms with Crippen molar-refractivity contribution < 1.29 is 14.6 Å². The van der Waals surface area contributed by atoms with Gasteiger partial charge in [-0.1, -0.05) is 35.3 Å². The molecule has 0 spiro atoms. The highest BCUT2D eigenvalue weighted by Gasteiger charge is 2.12. The minimum Gasteiger partial charge on any atom is -0.493 e. The number of rotatable bonds is 10. The predicted octanol–water partition coefficient (Wildman–Crippen LogP) is 4.44. The molecule has 0 amide bonds. The number of hydrogen-bond acceptors (Lipinski definition) is 4. The summed E-state index contributed by atoms with van der Waals surface area (Å²) in [5.41, 5.74) is 2.02. The first kappa shape index (κ1) is 19.9. The van der Waals surface area contributed by atoms with Crippen LogP contribution in [0, 0.1) is 0 Å². The number of ether oxygens (including phenoxy) is 2. The Morgan fingerprint density at radius 3 is 2.48 bits per heavy atom. The van der Waals surface area contributed by atoms with E-state index in [9.17, 15) is 0 Å². The number of nitrogens with one attached hydrogen (secondary N) is 1. The van der Waals surface area contributed by atoms with Gasteiger partial charge >= 0.3 is 0 Å². The van der Waals surface area contributed by atoms with Gasteiger partial charge in [-0.05, 0) is 54.8 Å². The normalized spacial score (nSPS) is 10.7. The molecule has 0 fully saturated rings. The molecule has 2 aromatic carbocycles. The molecule has 2 aromatic rings. The Bertz CT molecular complexity index is 662. The molecule has 0 bridgehead atoms. The van der Waals surface area contributed by atoms with Gasteiger partial charge in [0.15, 0.2) is 11.5 Å². The van der Waals surface area contributed by atoms with Crippen molar-refractivity contribution in [1.82, 2.24) is 5.32 Å². The first-order valence-electron chi connectivity index (χ1n) is 8.19. The van der Waals surface area contributed by atoms with Crippen LogP contribution in [0.2, 0.25) is 10.0 Å². The molecule has 2 N–H and O–H groups in total. The molecule has 0 aliphatic carbocycles. The number of unbranched alkanes of at least 4 members (excludes halogenated alkanes) is 1. The molecule has 0 atom stereocenters. The average molecular weight is 384 g/mol. The molecule has 25 heavy (non-hydrogen) atoms. The van der Waals surface area contributed by atoms with Crippen molar-refractivity contribution in [2.24, 2.45) is 0 Å². The molecular formula is C19H23Cl2NO3. The van der Waals surface area contributed by atoms with Crippen LogP contribution in [-0.2, 0) is 13.2 Å². The molecule has 2 rings (SSSR count). The SMILES string of the molecule is COc1cc(CNCCCCO)cc(Cl)c1OCc1ccc(Cl)cc1. The Morgan fingerprint density at radius 2 is 1.80 bits per heavy atom. The second-order valence-electron chi connectivity index (χ2n) is 5.63. The lowest BCUT2D eigenvalue weighted by Gasteiger charge is -2.15. The van der Waals surface area contributed by atoms with E-state index in [0.717, 1.165) is 30.5 Å². The Hall–Kier alpha value is -1.46. The van der Waals surface area contributed by atoms with Crippen LogP contribution in [0.3, 0.4) is 0 Å². The molecule has 0 aliphatic rings. The maximum absolute atomic E-state index is 8.78. The van der Waals surface area contributed by atoms with E-state index in [1.165, 1.54) is 0 Å². The van der Waals surface area contributed by atoms with Crippen LogP contribution in [0.15, 0.2) is 36.4 Å². The summed E-state index contributed by atoms with van der Waals surface area (Å²) in [6.45, 7) is 2.13. The quantitative estimate of drug-likeness (QED) is 0.595. The van der Waals surface area contributed by atoms with E-state index < -0.39 is 0 Å². The Kier molecular flexibility index (Phi) is 8.35. The van der Waals surface area contributed by atoms with Gasteiger partial charge in [0.2, 0.25) is 0 Å². The fourth-order valence-corrected chi connectivity index (χ4v) is 2.76. The second kappa shape index (κ2) is 10.5. The van der Waals surface area contributed by atoms with E-state index in [1.807, 2.05) is 36.4 Å². The van der Waals surface area contributed by atoms with E-state index in [-0.39, 0.29) is 6.61 Å². The van der Waals surface area contributed by atoms with Gasteiger partial charge in [0, 0.05) is 18.2 Å². The predicted molar refractivity (Wildman–Crippen MR) is 102 cm³/mol. The van der Waals surface area contributed by atoms with Gasteiger partial charge in [0.1, 0.15) is 6.61 Å². The first-order chi connectivity index (χ1) is 12.1. The minimum absolute atomic E-state index is 0.223. The lowest BCUT2D eigenvalue weighted by molar-refractivity contribution is 0.283.